The van der Waals surface area contributed by atoms with E-state index in [2.05, 4.69) is 22.1 Å². The van der Waals surface area contributed by atoms with Gasteiger partial charge in [-0.25, -0.2) is 4.98 Å². The van der Waals surface area contributed by atoms with Crippen molar-refractivity contribution in [3.63, 3.8) is 0 Å². The zero-order valence-electron chi connectivity index (χ0n) is 12.8. The summed E-state index contributed by atoms with van der Waals surface area (Å²) in [5.41, 5.74) is 8.99. The maximum atomic E-state index is 12.4. The molecule has 2 heterocycles. The monoisotopic (exact) mass is 316 g/mol. The first-order valence-electron chi connectivity index (χ1n) is 7.45. The Hall–Kier alpha value is -1.92. The third-order valence-electron chi connectivity index (χ3n) is 3.98. The summed E-state index contributed by atoms with van der Waals surface area (Å²) >= 11 is 1.57. The highest BCUT2D eigenvalue weighted by Crippen LogP contribution is 2.28. The summed E-state index contributed by atoms with van der Waals surface area (Å²) in [5.74, 6) is -0.150. The van der Waals surface area contributed by atoms with Gasteiger partial charge in [-0.2, -0.15) is 0 Å². The fraction of sp³-hybridized carbons (Fsp3) is 0.375. The van der Waals surface area contributed by atoms with Crippen molar-refractivity contribution in [3.05, 3.63) is 39.9 Å². The average Bonchev–Trinajstić information content (AvgIpc) is 2.90. The lowest BCUT2D eigenvalue weighted by atomic mass is 10.1. The second-order valence-corrected chi connectivity index (χ2v) is 6.62. The number of likely N-dealkylation sites (N-methyl/N-ethyl adjacent to an activating group) is 1. The van der Waals surface area contributed by atoms with Crippen LogP contribution in [0.5, 0.6) is 0 Å². The number of nitrogens with two attached hydrogens (primary N) is 1. The average molecular weight is 316 g/mol. The fourth-order valence-electron chi connectivity index (χ4n) is 2.62. The van der Waals surface area contributed by atoms with Crippen LogP contribution in [-0.4, -0.2) is 28.9 Å². The summed E-state index contributed by atoms with van der Waals surface area (Å²) in [6, 6.07) is 5.36. The van der Waals surface area contributed by atoms with Crippen molar-refractivity contribution in [1.82, 2.24) is 9.88 Å². The summed E-state index contributed by atoms with van der Waals surface area (Å²) in [5, 5.41) is 3.59. The Morgan fingerprint density at radius 3 is 3.09 bits per heavy atom. The zero-order valence-corrected chi connectivity index (χ0v) is 13.7. The third kappa shape index (κ3) is 2.98. The Kier molecular flexibility index (Phi) is 4.13. The Balaban J connectivity index is 1.78. The Labute approximate surface area is 134 Å². The number of hydrogen-bond donors (Lipinski definition) is 2. The van der Waals surface area contributed by atoms with Crippen molar-refractivity contribution in [1.29, 1.82) is 0 Å². The number of rotatable bonds is 3. The molecule has 0 atom stereocenters. The number of benzene rings is 1. The van der Waals surface area contributed by atoms with Crippen molar-refractivity contribution in [2.24, 2.45) is 0 Å². The molecular weight excluding hydrogens is 296 g/mol. The Bertz CT molecular complexity index is 710. The number of anilines is 2. The van der Waals surface area contributed by atoms with E-state index < -0.39 is 0 Å². The van der Waals surface area contributed by atoms with Gasteiger partial charge in [0.2, 0.25) is 0 Å². The van der Waals surface area contributed by atoms with Gasteiger partial charge in [0, 0.05) is 35.6 Å². The molecule has 0 radical (unpaired) electrons. The SMILES string of the molecule is CCN1CCc2nc(NC(=O)c3cc(N)ccc3C)sc2C1. The van der Waals surface area contributed by atoms with Gasteiger partial charge >= 0.3 is 0 Å². The van der Waals surface area contributed by atoms with E-state index in [9.17, 15) is 4.79 Å². The molecule has 0 bridgehead atoms. The highest BCUT2D eigenvalue weighted by Gasteiger charge is 2.21. The molecule has 1 aromatic carbocycles. The summed E-state index contributed by atoms with van der Waals surface area (Å²) in [6.07, 6.45) is 0.951. The van der Waals surface area contributed by atoms with Crippen molar-refractivity contribution >= 4 is 28.1 Å². The number of thiazole rings is 1. The van der Waals surface area contributed by atoms with E-state index in [1.54, 1.807) is 23.5 Å². The number of fused-ring (bicyclic) bond motifs is 1. The topological polar surface area (TPSA) is 71.2 Å². The lowest BCUT2D eigenvalue weighted by Gasteiger charge is -2.23. The van der Waals surface area contributed by atoms with E-state index in [0.717, 1.165) is 37.3 Å². The Morgan fingerprint density at radius 1 is 1.50 bits per heavy atom. The van der Waals surface area contributed by atoms with Gasteiger partial charge < -0.3 is 5.73 Å². The fourth-order valence-corrected chi connectivity index (χ4v) is 3.67. The lowest BCUT2D eigenvalue weighted by molar-refractivity contribution is 0.102. The molecule has 0 saturated carbocycles. The number of carbonyl (C=O) groups is 1. The minimum atomic E-state index is -0.150. The molecule has 3 rings (SSSR count). The van der Waals surface area contributed by atoms with Gasteiger partial charge in [-0.3, -0.25) is 15.0 Å². The summed E-state index contributed by atoms with van der Waals surface area (Å²) in [4.78, 5) is 20.6. The van der Waals surface area contributed by atoms with Crippen LogP contribution in [0.4, 0.5) is 10.8 Å². The van der Waals surface area contributed by atoms with Gasteiger partial charge in [0.1, 0.15) is 0 Å². The maximum Gasteiger partial charge on any atom is 0.257 e. The molecule has 0 unspecified atom stereocenters. The number of carbonyl (C=O) groups excluding carboxylic acids is 1. The zero-order chi connectivity index (χ0) is 15.7. The normalized spacial score (nSPS) is 14.6. The molecule has 0 saturated heterocycles. The highest BCUT2D eigenvalue weighted by molar-refractivity contribution is 7.15. The largest absolute Gasteiger partial charge is 0.399 e. The molecule has 6 heteroatoms. The predicted molar refractivity (Wildman–Crippen MR) is 90.3 cm³/mol. The minimum absolute atomic E-state index is 0.150. The van der Waals surface area contributed by atoms with Gasteiger partial charge in [-0.1, -0.05) is 13.0 Å². The van der Waals surface area contributed by atoms with E-state index in [-0.39, 0.29) is 5.91 Å². The molecule has 116 valence electrons. The second kappa shape index (κ2) is 6.06. The number of aryl methyl sites for hydroxylation is 1. The number of amides is 1. The second-order valence-electron chi connectivity index (χ2n) is 5.54. The van der Waals surface area contributed by atoms with Gasteiger partial charge in [0.05, 0.1) is 5.69 Å². The molecule has 22 heavy (non-hydrogen) atoms. The first-order valence-corrected chi connectivity index (χ1v) is 8.27. The molecule has 5 nitrogen and oxygen atoms in total. The number of aromatic nitrogens is 1. The first kappa shape index (κ1) is 15.0. The van der Waals surface area contributed by atoms with Crippen LogP contribution in [-0.2, 0) is 13.0 Å². The maximum absolute atomic E-state index is 12.4. The summed E-state index contributed by atoms with van der Waals surface area (Å²) in [7, 11) is 0. The lowest BCUT2D eigenvalue weighted by Crippen LogP contribution is -2.29. The van der Waals surface area contributed by atoms with Crippen molar-refractivity contribution in [2.45, 2.75) is 26.8 Å². The smallest absolute Gasteiger partial charge is 0.257 e. The van der Waals surface area contributed by atoms with Crippen LogP contribution < -0.4 is 11.1 Å². The molecular formula is C16H20N4OS. The van der Waals surface area contributed by atoms with Crippen molar-refractivity contribution < 1.29 is 4.79 Å². The van der Waals surface area contributed by atoms with E-state index in [1.165, 1.54) is 4.88 Å². The van der Waals surface area contributed by atoms with Crippen molar-refractivity contribution in [2.75, 3.05) is 24.1 Å². The van der Waals surface area contributed by atoms with Crippen LogP contribution in [0, 0.1) is 6.92 Å². The number of nitrogen functional groups attached to an aromatic ring is 1. The van der Waals surface area contributed by atoms with Gasteiger partial charge in [-0.15, -0.1) is 11.3 Å². The number of hydrogen-bond acceptors (Lipinski definition) is 5. The summed E-state index contributed by atoms with van der Waals surface area (Å²) in [6.45, 7) is 7.07. The van der Waals surface area contributed by atoms with E-state index >= 15 is 0 Å². The quantitative estimate of drug-likeness (QED) is 0.854. The molecule has 3 N–H and O–H groups in total. The van der Waals surface area contributed by atoms with E-state index in [4.69, 9.17) is 5.73 Å². The van der Waals surface area contributed by atoms with Gasteiger partial charge in [0.25, 0.3) is 5.91 Å². The molecule has 1 aliphatic rings. The first-order chi connectivity index (χ1) is 10.6. The van der Waals surface area contributed by atoms with Gasteiger partial charge in [0.15, 0.2) is 5.13 Å². The molecule has 0 spiro atoms. The minimum Gasteiger partial charge on any atom is -0.399 e. The van der Waals surface area contributed by atoms with Crippen molar-refractivity contribution in [3.8, 4) is 0 Å². The van der Waals surface area contributed by atoms with Crippen LogP contribution in [0.3, 0.4) is 0 Å². The number of nitrogens with zero attached hydrogens (tertiary/aromatic N) is 2. The third-order valence-corrected chi connectivity index (χ3v) is 4.98. The van der Waals surface area contributed by atoms with Crippen LogP contribution in [0.15, 0.2) is 18.2 Å². The van der Waals surface area contributed by atoms with Gasteiger partial charge in [-0.05, 0) is 31.2 Å². The van der Waals surface area contributed by atoms with E-state index in [1.807, 2.05) is 13.0 Å². The molecule has 0 aliphatic carbocycles. The molecule has 0 fully saturated rings. The van der Waals surface area contributed by atoms with Crippen LogP contribution >= 0.6 is 11.3 Å². The molecule has 1 amide bonds. The molecule has 1 aromatic heterocycles. The van der Waals surface area contributed by atoms with E-state index in [0.29, 0.717) is 16.4 Å². The predicted octanol–water partition coefficient (Wildman–Crippen LogP) is 2.66. The highest BCUT2D eigenvalue weighted by atomic mass is 32.1. The Morgan fingerprint density at radius 2 is 2.32 bits per heavy atom. The summed E-state index contributed by atoms with van der Waals surface area (Å²) < 4.78 is 0. The van der Waals surface area contributed by atoms with Crippen LogP contribution in [0.25, 0.3) is 0 Å². The standard InChI is InChI=1S/C16H20N4OS/c1-3-20-7-6-13-14(9-20)22-16(18-13)19-15(21)12-8-11(17)5-4-10(12)2/h4-5,8H,3,6-7,9,17H2,1-2H3,(H,18,19,21). The molecule has 2 aromatic rings. The van der Waals surface area contributed by atoms with Crippen LogP contribution in [0.2, 0.25) is 0 Å². The number of nitrogens with one attached hydrogen (secondary N) is 1. The molecule has 1 aliphatic heterocycles. The van der Waals surface area contributed by atoms with Crippen LogP contribution in [0.1, 0.15) is 33.4 Å².